The zero-order valence-corrected chi connectivity index (χ0v) is 14.7. The van der Waals surface area contributed by atoms with E-state index in [2.05, 4.69) is 0 Å². The van der Waals surface area contributed by atoms with E-state index < -0.39 is 5.00 Å². The van der Waals surface area contributed by atoms with E-state index in [1.165, 1.54) is 0 Å². The van der Waals surface area contributed by atoms with E-state index in [-0.39, 0.29) is 5.91 Å². The monoisotopic (exact) mass is 347 g/mol. The van der Waals surface area contributed by atoms with Gasteiger partial charge in [-0.25, -0.2) is 0 Å². The molecule has 3 aromatic rings. The molecule has 1 atom stereocenters. The molecule has 1 unspecified atom stereocenters. The first-order valence-electron chi connectivity index (χ1n) is 8.32. The molecule has 3 heteroatoms. The maximum absolute atomic E-state index is 13.1. The van der Waals surface area contributed by atoms with Gasteiger partial charge in [-0.15, -0.1) is 0 Å². The summed E-state index contributed by atoms with van der Waals surface area (Å²) < 4.78 is 0. The molecule has 1 aliphatic heterocycles. The summed E-state index contributed by atoms with van der Waals surface area (Å²) in [4.78, 5) is 13.9. The molecule has 2 nitrogen and oxygen atoms in total. The average molecular weight is 348 g/mol. The van der Waals surface area contributed by atoms with Gasteiger partial charge in [0.25, 0.3) is 5.91 Å². The minimum atomic E-state index is -0.989. The zero-order chi connectivity index (χ0) is 17.4. The van der Waals surface area contributed by atoms with Crippen molar-refractivity contribution in [1.82, 2.24) is 4.90 Å². The molecule has 0 bridgehead atoms. The van der Waals surface area contributed by atoms with Crippen LogP contribution < -0.4 is 0 Å². The van der Waals surface area contributed by atoms with Crippen LogP contribution in [0.5, 0.6) is 0 Å². The third-order valence-corrected chi connectivity index (χ3v) is 5.37. The van der Waals surface area contributed by atoms with Crippen LogP contribution in [0.2, 0.25) is 0 Å². The minimum absolute atomic E-state index is 0.0324. The smallest absolute Gasteiger partial charge is 0.256 e. The van der Waals surface area contributed by atoms with Crippen LogP contribution in [0.1, 0.15) is 32.6 Å². The van der Waals surface area contributed by atoms with Crippen molar-refractivity contribution in [2.24, 2.45) is 0 Å². The van der Waals surface area contributed by atoms with E-state index in [0.717, 1.165) is 22.3 Å². The summed E-state index contributed by atoms with van der Waals surface area (Å²) in [6.45, 7) is 2.51. The molecule has 0 radical (unpaired) electrons. The highest BCUT2D eigenvalue weighted by molar-refractivity contribution is 6.29. The summed E-state index contributed by atoms with van der Waals surface area (Å²) in [5.41, 5.74) is 4.65. The number of amides is 1. The number of alkyl halides is 1. The van der Waals surface area contributed by atoms with Gasteiger partial charge in [0.2, 0.25) is 0 Å². The molecule has 0 fully saturated rings. The average Bonchev–Trinajstić information content (AvgIpc) is 2.86. The molecule has 1 aliphatic rings. The third-order valence-electron chi connectivity index (χ3n) is 4.75. The van der Waals surface area contributed by atoms with Crippen LogP contribution in [0.15, 0.2) is 78.9 Å². The van der Waals surface area contributed by atoms with Crippen molar-refractivity contribution < 1.29 is 4.79 Å². The van der Waals surface area contributed by atoms with Gasteiger partial charge in [0.05, 0.1) is 0 Å². The van der Waals surface area contributed by atoms with Crippen molar-refractivity contribution in [3.8, 4) is 0 Å². The van der Waals surface area contributed by atoms with Crippen LogP contribution in [0.3, 0.4) is 0 Å². The summed E-state index contributed by atoms with van der Waals surface area (Å²) in [6.07, 6.45) is 0. The van der Waals surface area contributed by atoms with E-state index in [1.54, 1.807) is 4.90 Å². The van der Waals surface area contributed by atoms with E-state index in [0.29, 0.717) is 12.1 Å². The van der Waals surface area contributed by atoms with Gasteiger partial charge in [0, 0.05) is 17.7 Å². The molecule has 1 amide bonds. The molecule has 1 heterocycles. The highest BCUT2D eigenvalue weighted by atomic mass is 35.5. The van der Waals surface area contributed by atoms with Crippen molar-refractivity contribution in [1.29, 1.82) is 0 Å². The lowest BCUT2D eigenvalue weighted by Gasteiger charge is -2.34. The second kappa shape index (κ2) is 6.05. The van der Waals surface area contributed by atoms with E-state index in [9.17, 15) is 4.79 Å². The van der Waals surface area contributed by atoms with Gasteiger partial charge < -0.3 is 4.90 Å². The van der Waals surface area contributed by atoms with Crippen LogP contribution in [0, 0.1) is 6.92 Å². The molecule has 0 saturated heterocycles. The predicted molar refractivity (Wildman–Crippen MR) is 101 cm³/mol. The highest BCUT2D eigenvalue weighted by Gasteiger charge is 2.49. The van der Waals surface area contributed by atoms with Gasteiger partial charge in [-0.2, -0.15) is 0 Å². The SMILES string of the molecule is Cc1ccc(C2(Cl)c3ccccc3C(=O)N2Cc2ccccc2)cc1. The molecular formula is C22H18ClNO. The minimum Gasteiger partial charge on any atom is -0.307 e. The lowest BCUT2D eigenvalue weighted by molar-refractivity contribution is 0.0702. The number of carbonyl (C=O) groups is 1. The normalized spacial score (nSPS) is 19.1. The Morgan fingerprint density at radius 3 is 2.24 bits per heavy atom. The Morgan fingerprint density at radius 2 is 1.52 bits per heavy atom. The molecule has 3 aromatic carbocycles. The Labute approximate surface area is 152 Å². The number of aryl methyl sites for hydroxylation is 1. The van der Waals surface area contributed by atoms with Crippen LogP contribution >= 0.6 is 11.6 Å². The highest BCUT2D eigenvalue weighted by Crippen LogP contribution is 2.48. The van der Waals surface area contributed by atoms with Gasteiger partial charge in [0.15, 0.2) is 5.00 Å². The lowest BCUT2D eigenvalue weighted by Crippen LogP contribution is -2.39. The van der Waals surface area contributed by atoms with Crippen LogP contribution in [0.4, 0.5) is 0 Å². The van der Waals surface area contributed by atoms with Gasteiger partial charge in [0.1, 0.15) is 0 Å². The largest absolute Gasteiger partial charge is 0.307 e. The van der Waals surface area contributed by atoms with Crippen molar-refractivity contribution in [3.63, 3.8) is 0 Å². The Hall–Kier alpha value is -2.58. The standard InChI is InChI=1S/C22H18ClNO/c1-16-11-13-18(14-12-16)22(23)20-10-6-5-9-19(20)21(25)24(22)15-17-7-3-2-4-8-17/h2-14H,15H2,1H3. The summed E-state index contributed by atoms with van der Waals surface area (Å²) in [6, 6.07) is 25.7. The molecule has 0 aliphatic carbocycles. The van der Waals surface area contributed by atoms with Crippen LogP contribution in [0.25, 0.3) is 0 Å². The fraction of sp³-hybridized carbons (Fsp3) is 0.136. The second-order valence-corrected chi connectivity index (χ2v) is 6.96. The van der Waals surface area contributed by atoms with Crippen molar-refractivity contribution in [2.75, 3.05) is 0 Å². The number of nitrogens with zero attached hydrogens (tertiary/aromatic N) is 1. The first-order valence-corrected chi connectivity index (χ1v) is 8.70. The molecular weight excluding hydrogens is 330 g/mol. The third kappa shape index (κ3) is 2.54. The number of benzene rings is 3. The van der Waals surface area contributed by atoms with Crippen molar-refractivity contribution in [3.05, 3.63) is 107 Å². The van der Waals surface area contributed by atoms with Gasteiger partial charge in [-0.3, -0.25) is 4.79 Å². The summed E-state index contributed by atoms with van der Waals surface area (Å²) >= 11 is 7.19. The fourth-order valence-electron chi connectivity index (χ4n) is 3.42. The summed E-state index contributed by atoms with van der Waals surface area (Å²) in [5, 5.41) is 0. The Bertz CT molecular complexity index is 920. The first kappa shape index (κ1) is 15.9. The summed E-state index contributed by atoms with van der Waals surface area (Å²) in [5.74, 6) is -0.0324. The fourth-order valence-corrected chi connectivity index (χ4v) is 3.85. The predicted octanol–water partition coefficient (Wildman–Crippen LogP) is 5.09. The van der Waals surface area contributed by atoms with Gasteiger partial charge in [-0.05, 0) is 24.1 Å². The molecule has 0 aromatic heterocycles. The lowest BCUT2D eigenvalue weighted by atomic mass is 9.96. The topological polar surface area (TPSA) is 20.3 Å². The number of hydrogen-bond acceptors (Lipinski definition) is 1. The van der Waals surface area contributed by atoms with Crippen molar-refractivity contribution >= 4 is 17.5 Å². The Balaban J connectivity index is 1.87. The first-order chi connectivity index (χ1) is 12.1. The zero-order valence-electron chi connectivity index (χ0n) is 13.9. The maximum atomic E-state index is 13.1. The maximum Gasteiger partial charge on any atom is 0.256 e. The van der Waals surface area contributed by atoms with Crippen molar-refractivity contribution in [2.45, 2.75) is 18.5 Å². The Kier molecular flexibility index (Phi) is 3.85. The number of hydrogen-bond donors (Lipinski definition) is 0. The summed E-state index contributed by atoms with van der Waals surface area (Å²) in [7, 11) is 0. The number of carbonyl (C=O) groups excluding carboxylic acids is 1. The van der Waals surface area contributed by atoms with E-state index in [4.69, 9.17) is 11.6 Å². The molecule has 124 valence electrons. The van der Waals surface area contributed by atoms with Gasteiger partial charge >= 0.3 is 0 Å². The van der Waals surface area contributed by atoms with Gasteiger partial charge in [-0.1, -0.05) is 90.0 Å². The number of rotatable bonds is 3. The molecule has 4 rings (SSSR count). The quantitative estimate of drug-likeness (QED) is 0.477. The molecule has 0 spiro atoms. The van der Waals surface area contributed by atoms with E-state index >= 15 is 0 Å². The molecule has 25 heavy (non-hydrogen) atoms. The molecule has 0 N–H and O–H groups in total. The molecule has 0 saturated carbocycles. The van der Waals surface area contributed by atoms with E-state index in [1.807, 2.05) is 85.8 Å². The van der Waals surface area contributed by atoms with Crippen LogP contribution in [-0.4, -0.2) is 10.8 Å². The van der Waals surface area contributed by atoms with Crippen LogP contribution in [-0.2, 0) is 11.5 Å². The number of fused-ring (bicyclic) bond motifs is 1. The second-order valence-electron chi connectivity index (χ2n) is 6.41. The Morgan fingerprint density at radius 1 is 0.880 bits per heavy atom. The number of halogens is 1.